The zero-order valence-electron chi connectivity index (χ0n) is 17.3. The van der Waals surface area contributed by atoms with Crippen LogP contribution >= 0.6 is 0 Å². The van der Waals surface area contributed by atoms with E-state index in [1.807, 2.05) is 31.2 Å². The summed E-state index contributed by atoms with van der Waals surface area (Å²) >= 11 is 0. The second-order valence-corrected chi connectivity index (χ2v) is 6.92. The minimum atomic E-state index is -0.176. The van der Waals surface area contributed by atoms with Crippen LogP contribution in [0.3, 0.4) is 0 Å². The summed E-state index contributed by atoms with van der Waals surface area (Å²) in [5.74, 6) is 6.11. The summed E-state index contributed by atoms with van der Waals surface area (Å²) in [4.78, 5) is 0. The highest BCUT2D eigenvalue weighted by atomic mass is 16.5. The molecule has 2 aromatic carbocycles. The van der Waals surface area contributed by atoms with Crippen molar-refractivity contribution in [2.45, 2.75) is 46.0 Å². The second-order valence-electron chi connectivity index (χ2n) is 6.92. The van der Waals surface area contributed by atoms with Crippen LogP contribution in [0, 0.1) is 0 Å². The van der Waals surface area contributed by atoms with Crippen molar-refractivity contribution in [2.75, 3.05) is 7.11 Å². The van der Waals surface area contributed by atoms with Gasteiger partial charge in [-0.2, -0.15) is 5.10 Å². The van der Waals surface area contributed by atoms with E-state index in [4.69, 9.17) is 10.6 Å². The van der Waals surface area contributed by atoms with Crippen molar-refractivity contribution in [2.24, 2.45) is 10.9 Å². The second kappa shape index (κ2) is 10.2. The molecule has 2 aromatic rings. The number of methoxy groups -OCH3 is 1. The van der Waals surface area contributed by atoms with Crippen LogP contribution in [0.2, 0.25) is 0 Å². The highest BCUT2D eigenvalue weighted by Crippen LogP contribution is 2.37. The van der Waals surface area contributed by atoms with Crippen LogP contribution in [0.1, 0.15) is 59.6 Å². The average Bonchev–Trinajstić information content (AvgIpc) is 2.77. The van der Waals surface area contributed by atoms with E-state index in [-0.39, 0.29) is 25.7 Å². The molecule has 5 N–H and O–H groups in total. The van der Waals surface area contributed by atoms with Gasteiger partial charge in [0.1, 0.15) is 5.75 Å². The molecule has 6 heteroatoms. The molecule has 0 aliphatic heterocycles. The van der Waals surface area contributed by atoms with E-state index in [0.29, 0.717) is 22.4 Å². The van der Waals surface area contributed by atoms with Gasteiger partial charge >= 0.3 is 0 Å². The monoisotopic (exact) mass is 398 g/mol. The fraction of sp³-hybridized carbons (Fsp3) is 0.348. The number of hydrogen-bond acceptors (Lipinski definition) is 6. The van der Waals surface area contributed by atoms with E-state index in [1.165, 1.54) is 0 Å². The van der Waals surface area contributed by atoms with Gasteiger partial charge in [-0.25, -0.2) is 0 Å². The number of aliphatic hydroxyl groups excluding tert-OH is 3. The normalized spacial score (nSPS) is 12.7. The van der Waals surface area contributed by atoms with Crippen LogP contribution in [0.25, 0.3) is 5.57 Å². The minimum Gasteiger partial charge on any atom is -0.496 e. The number of rotatable bonds is 9. The number of hydrogen-bond donors (Lipinski definition) is 4. The molecule has 2 rings (SSSR count). The molecule has 0 bridgehead atoms. The molecule has 0 aliphatic carbocycles. The zero-order valence-corrected chi connectivity index (χ0v) is 17.3. The molecule has 0 fully saturated rings. The lowest BCUT2D eigenvalue weighted by Crippen LogP contribution is -2.13. The molecule has 156 valence electrons. The maximum Gasteiger partial charge on any atom is 0.124 e. The van der Waals surface area contributed by atoms with Gasteiger partial charge in [0.2, 0.25) is 0 Å². The van der Waals surface area contributed by atoms with E-state index in [2.05, 4.69) is 18.6 Å². The lowest BCUT2D eigenvalue weighted by atomic mass is 9.83. The summed E-state index contributed by atoms with van der Waals surface area (Å²) < 4.78 is 5.47. The molecule has 0 spiro atoms. The topological polar surface area (TPSA) is 108 Å². The zero-order chi connectivity index (χ0) is 21.6. The van der Waals surface area contributed by atoms with Crippen molar-refractivity contribution < 1.29 is 20.1 Å². The number of hydrazone groups is 1. The van der Waals surface area contributed by atoms with Gasteiger partial charge in [0.05, 0.1) is 26.9 Å². The number of nitrogens with zero attached hydrogens (tertiary/aromatic N) is 1. The van der Waals surface area contributed by atoms with Crippen LogP contribution in [-0.4, -0.2) is 28.1 Å². The van der Waals surface area contributed by atoms with Crippen molar-refractivity contribution in [3.63, 3.8) is 0 Å². The molecular weight excluding hydrogens is 368 g/mol. The highest BCUT2D eigenvalue weighted by Gasteiger charge is 2.22. The van der Waals surface area contributed by atoms with Gasteiger partial charge in [0, 0.05) is 17.2 Å². The first-order valence-electron chi connectivity index (χ1n) is 9.54. The predicted molar refractivity (Wildman–Crippen MR) is 116 cm³/mol. The SMILES string of the molecule is C=C(c1ccc(CO)c(CO)c1)c1cc(CO)c(OC)cc1[C@@H](CC)/C(C)=N\N. The van der Waals surface area contributed by atoms with Gasteiger partial charge in [-0.15, -0.1) is 0 Å². The average molecular weight is 399 g/mol. The molecular formula is C23H30N2O4. The largest absolute Gasteiger partial charge is 0.496 e. The lowest BCUT2D eigenvalue weighted by Gasteiger charge is -2.23. The van der Waals surface area contributed by atoms with E-state index in [0.717, 1.165) is 34.4 Å². The molecule has 1 atom stereocenters. The Morgan fingerprint density at radius 3 is 2.24 bits per heavy atom. The third kappa shape index (κ3) is 4.67. The Kier molecular flexibility index (Phi) is 7.96. The van der Waals surface area contributed by atoms with E-state index in [9.17, 15) is 15.3 Å². The minimum absolute atomic E-state index is 0.0394. The van der Waals surface area contributed by atoms with Crippen LogP contribution in [0.15, 0.2) is 42.0 Å². The molecule has 0 saturated carbocycles. The van der Waals surface area contributed by atoms with Gasteiger partial charge in [-0.05, 0) is 64.9 Å². The molecule has 6 nitrogen and oxygen atoms in total. The van der Waals surface area contributed by atoms with Gasteiger partial charge in [0.15, 0.2) is 0 Å². The van der Waals surface area contributed by atoms with Gasteiger partial charge in [0.25, 0.3) is 0 Å². The molecule has 0 aromatic heterocycles. The first-order chi connectivity index (χ1) is 13.9. The summed E-state index contributed by atoms with van der Waals surface area (Å²) in [6.07, 6.45) is 0.778. The van der Waals surface area contributed by atoms with Crippen LogP contribution in [0.4, 0.5) is 0 Å². The van der Waals surface area contributed by atoms with E-state index < -0.39 is 0 Å². The lowest BCUT2D eigenvalue weighted by molar-refractivity contribution is 0.260. The van der Waals surface area contributed by atoms with E-state index >= 15 is 0 Å². The molecule has 0 saturated heterocycles. The number of aliphatic hydroxyl groups is 3. The summed E-state index contributed by atoms with van der Waals surface area (Å²) in [5.41, 5.74) is 6.12. The highest BCUT2D eigenvalue weighted by molar-refractivity contribution is 5.92. The van der Waals surface area contributed by atoms with Crippen molar-refractivity contribution >= 4 is 11.3 Å². The quantitative estimate of drug-likeness (QED) is 0.295. The standard InChI is InChI=1S/C23H30N2O4/c1-5-20(15(3)25-24)22-10-23(29-4)19(13-28)9-21(22)14(2)16-6-7-17(11-26)18(8-16)12-27/h6-10,20,26-28H,2,5,11-13,24H2,1,3-4H3/b25-15-/t20-/m0/s1. The molecule has 0 radical (unpaired) electrons. The fourth-order valence-corrected chi connectivity index (χ4v) is 3.60. The van der Waals surface area contributed by atoms with Crippen molar-refractivity contribution in [1.82, 2.24) is 0 Å². The first-order valence-corrected chi connectivity index (χ1v) is 9.54. The Morgan fingerprint density at radius 2 is 1.72 bits per heavy atom. The summed E-state index contributed by atoms with van der Waals surface area (Å²) in [7, 11) is 1.57. The summed E-state index contributed by atoms with van der Waals surface area (Å²) in [5, 5.41) is 32.8. The summed E-state index contributed by atoms with van der Waals surface area (Å²) in [6, 6.07) is 9.26. The first kappa shape index (κ1) is 22.6. The smallest absolute Gasteiger partial charge is 0.124 e. The Bertz CT molecular complexity index is 906. The van der Waals surface area contributed by atoms with Crippen LogP contribution < -0.4 is 10.6 Å². The van der Waals surface area contributed by atoms with Gasteiger partial charge in [-0.3, -0.25) is 0 Å². The number of nitrogens with two attached hydrogens (primary N) is 1. The number of benzene rings is 2. The van der Waals surface area contributed by atoms with Crippen LogP contribution in [0.5, 0.6) is 5.75 Å². The molecule has 29 heavy (non-hydrogen) atoms. The van der Waals surface area contributed by atoms with Gasteiger partial charge in [-0.1, -0.05) is 25.6 Å². The van der Waals surface area contributed by atoms with Crippen LogP contribution in [-0.2, 0) is 19.8 Å². The Morgan fingerprint density at radius 1 is 1.07 bits per heavy atom. The third-order valence-corrected chi connectivity index (χ3v) is 5.34. The molecule has 0 amide bonds. The maximum atomic E-state index is 9.80. The van der Waals surface area contributed by atoms with Crippen molar-refractivity contribution in [3.05, 3.63) is 70.3 Å². The van der Waals surface area contributed by atoms with Crippen molar-refractivity contribution in [3.8, 4) is 5.75 Å². The maximum absolute atomic E-state index is 9.80. The third-order valence-electron chi connectivity index (χ3n) is 5.34. The predicted octanol–water partition coefficient (Wildman–Crippen LogP) is 3.06. The Balaban J connectivity index is 2.70. The van der Waals surface area contributed by atoms with Crippen molar-refractivity contribution in [1.29, 1.82) is 0 Å². The Labute approximate surface area is 172 Å². The molecule has 0 heterocycles. The Hall–Kier alpha value is -2.67. The van der Waals surface area contributed by atoms with E-state index in [1.54, 1.807) is 13.2 Å². The van der Waals surface area contributed by atoms with Gasteiger partial charge < -0.3 is 25.9 Å². The molecule has 0 unspecified atom stereocenters. The fourth-order valence-electron chi connectivity index (χ4n) is 3.60. The molecule has 0 aliphatic rings. The number of ether oxygens (including phenoxy) is 1. The summed E-state index contributed by atoms with van der Waals surface area (Å²) in [6.45, 7) is 7.73.